The zero-order valence-electron chi connectivity index (χ0n) is 14.3. The highest BCUT2D eigenvalue weighted by molar-refractivity contribution is 5.97. The van der Waals surface area contributed by atoms with Crippen LogP contribution in [0.15, 0.2) is 29.3 Å². The van der Waals surface area contributed by atoms with Crippen LogP contribution >= 0.6 is 0 Å². The lowest BCUT2D eigenvalue weighted by Crippen LogP contribution is -2.42. The standard InChI is InChI=1S/C18H23N5O2/c1-23-10-19-14-8-7-11(9-13(14)18(23)25)20-17(24)16-12-5-3-2-4-6-15(12)21-22-16/h7-10,12,15-16,21-22H,2-6H2,1H3,(H,20,24). The highest BCUT2D eigenvalue weighted by Crippen LogP contribution is 2.29. The fourth-order valence-electron chi connectivity index (χ4n) is 3.99. The van der Waals surface area contributed by atoms with E-state index in [0.717, 1.165) is 12.8 Å². The van der Waals surface area contributed by atoms with Gasteiger partial charge in [-0.25, -0.2) is 10.4 Å². The number of fused-ring (bicyclic) bond motifs is 2. The number of anilines is 1. The number of aryl methyl sites for hydroxylation is 1. The normalized spacial score (nSPS) is 26.2. The Morgan fingerprint density at radius 2 is 2.08 bits per heavy atom. The second kappa shape index (κ2) is 6.57. The summed E-state index contributed by atoms with van der Waals surface area (Å²) in [5.41, 5.74) is 7.59. The van der Waals surface area contributed by atoms with E-state index in [1.54, 1.807) is 25.2 Å². The number of aromatic nitrogens is 2. The van der Waals surface area contributed by atoms with Crippen LogP contribution in [0.3, 0.4) is 0 Å². The maximum atomic E-state index is 12.8. The molecule has 1 aliphatic carbocycles. The Morgan fingerprint density at radius 1 is 1.24 bits per heavy atom. The molecule has 1 aliphatic heterocycles. The van der Waals surface area contributed by atoms with E-state index in [0.29, 0.717) is 28.6 Å². The molecule has 7 heteroatoms. The van der Waals surface area contributed by atoms with E-state index < -0.39 is 0 Å². The molecule has 0 spiro atoms. The summed E-state index contributed by atoms with van der Waals surface area (Å²) in [5.74, 6) is 0.263. The van der Waals surface area contributed by atoms with E-state index in [1.165, 1.54) is 30.2 Å². The van der Waals surface area contributed by atoms with Gasteiger partial charge < -0.3 is 9.88 Å². The molecule has 0 bridgehead atoms. The topological polar surface area (TPSA) is 88.1 Å². The first-order valence-electron chi connectivity index (χ1n) is 8.91. The van der Waals surface area contributed by atoms with E-state index in [1.807, 2.05) is 0 Å². The van der Waals surface area contributed by atoms with Gasteiger partial charge in [0, 0.05) is 24.7 Å². The van der Waals surface area contributed by atoms with Crippen molar-refractivity contribution in [1.82, 2.24) is 20.4 Å². The van der Waals surface area contributed by atoms with Crippen LogP contribution in [0, 0.1) is 5.92 Å². The van der Waals surface area contributed by atoms with Crippen molar-refractivity contribution >= 4 is 22.5 Å². The Balaban J connectivity index is 1.55. The average molecular weight is 341 g/mol. The molecule has 2 aliphatic rings. The molecule has 1 saturated carbocycles. The van der Waals surface area contributed by atoms with Crippen molar-refractivity contribution in [2.45, 2.75) is 44.2 Å². The van der Waals surface area contributed by atoms with Crippen LogP contribution in [0.5, 0.6) is 0 Å². The van der Waals surface area contributed by atoms with Gasteiger partial charge >= 0.3 is 0 Å². The summed E-state index contributed by atoms with van der Waals surface area (Å²) in [6, 6.07) is 5.39. The smallest absolute Gasteiger partial charge is 0.260 e. The van der Waals surface area contributed by atoms with Crippen molar-refractivity contribution < 1.29 is 4.79 Å². The molecule has 2 fully saturated rings. The zero-order chi connectivity index (χ0) is 17.4. The Bertz CT molecular complexity index is 862. The minimum Gasteiger partial charge on any atom is -0.325 e. The van der Waals surface area contributed by atoms with E-state index in [4.69, 9.17) is 0 Å². The quantitative estimate of drug-likeness (QED) is 0.766. The number of carbonyl (C=O) groups is 1. The molecule has 1 aromatic heterocycles. The Kier molecular flexibility index (Phi) is 4.27. The highest BCUT2D eigenvalue weighted by atomic mass is 16.2. The third-order valence-electron chi connectivity index (χ3n) is 5.39. The number of carbonyl (C=O) groups excluding carboxylic acids is 1. The van der Waals surface area contributed by atoms with Crippen LogP contribution in [-0.2, 0) is 11.8 Å². The third kappa shape index (κ3) is 3.05. The molecule has 1 saturated heterocycles. The molecule has 3 N–H and O–H groups in total. The lowest BCUT2D eigenvalue weighted by Gasteiger charge is -2.20. The fraction of sp³-hybridized carbons (Fsp3) is 0.500. The van der Waals surface area contributed by atoms with Crippen molar-refractivity contribution in [3.63, 3.8) is 0 Å². The molecule has 1 aromatic carbocycles. The summed E-state index contributed by atoms with van der Waals surface area (Å²) >= 11 is 0. The summed E-state index contributed by atoms with van der Waals surface area (Å²) in [6.07, 6.45) is 7.30. The summed E-state index contributed by atoms with van der Waals surface area (Å²) in [5, 5.41) is 3.47. The van der Waals surface area contributed by atoms with Crippen LogP contribution < -0.4 is 21.7 Å². The van der Waals surface area contributed by atoms with Crippen LogP contribution in [0.2, 0.25) is 0 Å². The number of benzene rings is 1. The van der Waals surface area contributed by atoms with Gasteiger partial charge in [0.2, 0.25) is 5.91 Å². The predicted molar refractivity (Wildman–Crippen MR) is 96.0 cm³/mol. The van der Waals surface area contributed by atoms with Gasteiger partial charge in [0.05, 0.1) is 17.2 Å². The second-order valence-corrected chi connectivity index (χ2v) is 7.06. The minimum absolute atomic E-state index is 0.0537. The Hall–Kier alpha value is -2.25. The summed E-state index contributed by atoms with van der Waals surface area (Å²) in [7, 11) is 1.67. The maximum Gasteiger partial charge on any atom is 0.260 e. The summed E-state index contributed by atoms with van der Waals surface area (Å²) in [4.78, 5) is 29.2. The molecule has 1 amide bonds. The van der Waals surface area contributed by atoms with Gasteiger partial charge in [0.1, 0.15) is 6.04 Å². The highest BCUT2D eigenvalue weighted by Gasteiger charge is 2.40. The molecule has 3 unspecified atom stereocenters. The Labute approximate surface area is 145 Å². The number of rotatable bonds is 2. The van der Waals surface area contributed by atoms with Gasteiger partial charge in [-0.05, 0) is 31.0 Å². The SMILES string of the molecule is Cn1cnc2ccc(NC(=O)C3NNC4CCCCCC43)cc2c1=O. The molecule has 132 valence electrons. The van der Waals surface area contributed by atoms with Crippen molar-refractivity contribution in [3.05, 3.63) is 34.9 Å². The van der Waals surface area contributed by atoms with Gasteiger partial charge in [-0.3, -0.25) is 15.0 Å². The zero-order valence-corrected chi connectivity index (χ0v) is 14.3. The molecule has 3 atom stereocenters. The summed E-state index contributed by atoms with van der Waals surface area (Å²) in [6.45, 7) is 0. The van der Waals surface area contributed by atoms with E-state index in [9.17, 15) is 9.59 Å². The van der Waals surface area contributed by atoms with Crippen LogP contribution in [0.4, 0.5) is 5.69 Å². The third-order valence-corrected chi connectivity index (χ3v) is 5.39. The largest absolute Gasteiger partial charge is 0.325 e. The molecular weight excluding hydrogens is 318 g/mol. The molecule has 7 nitrogen and oxygen atoms in total. The monoisotopic (exact) mass is 341 g/mol. The molecule has 0 radical (unpaired) electrons. The van der Waals surface area contributed by atoms with Gasteiger partial charge in [-0.1, -0.05) is 19.3 Å². The van der Waals surface area contributed by atoms with E-state index >= 15 is 0 Å². The Morgan fingerprint density at radius 3 is 2.96 bits per heavy atom. The number of hydrogen-bond donors (Lipinski definition) is 3. The first-order valence-corrected chi connectivity index (χ1v) is 8.91. The number of nitrogens with one attached hydrogen (secondary N) is 3. The average Bonchev–Trinajstić information content (AvgIpc) is 2.87. The number of amides is 1. The van der Waals surface area contributed by atoms with Gasteiger partial charge in [-0.2, -0.15) is 0 Å². The van der Waals surface area contributed by atoms with E-state index in [2.05, 4.69) is 21.2 Å². The lowest BCUT2D eigenvalue weighted by atomic mass is 9.89. The fourth-order valence-corrected chi connectivity index (χ4v) is 3.99. The maximum absolute atomic E-state index is 12.8. The second-order valence-electron chi connectivity index (χ2n) is 7.06. The van der Waals surface area contributed by atoms with Crippen molar-refractivity contribution in [1.29, 1.82) is 0 Å². The minimum atomic E-state index is -0.240. The van der Waals surface area contributed by atoms with Crippen LogP contribution in [0.25, 0.3) is 10.9 Å². The molecule has 25 heavy (non-hydrogen) atoms. The van der Waals surface area contributed by atoms with Gasteiger partial charge in [-0.15, -0.1) is 0 Å². The van der Waals surface area contributed by atoms with Crippen molar-refractivity contribution in [2.24, 2.45) is 13.0 Å². The lowest BCUT2D eigenvalue weighted by molar-refractivity contribution is -0.118. The molecular formula is C18H23N5O2. The van der Waals surface area contributed by atoms with Crippen molar-refractivity contribution in [3.8, 4) is 0 Å². The molecule has 2 heterocycles. The van der Waals surface area contributed by atoms with Crippen molar-refractivity contribution in [2.75, 3.05) is 5.32 Å². The number of hydrogen-bond acceptors (Lipinski definition) is 5. The van der Waals surface area contributed by atoms with E-state index in [-0.39, 0.29) is 17.5 Å². The van der Waals surface area contributed by atoms with Gasteiger partial charge in [0.15, 0.2) is 0 Å². The number of hydrazine groups is 1. The van der Waals surface area contributed by atoms with Crippen LogP contribution in [0.1, 0.15) is 32.1 Å². The van der Waals surface area contributed by atoms with Gasteiger partial charge in [0.25, 0.3) is 5.56 Å². The molecule has 4 rings (SSSR count). The predicted octanol–water partition coefficient (Wildman–Crippen LogP) is 1.30. The first-order chi connectivity index (χ1) is 12.1. The summed E-state index contributed by atoms with van der Waals surface area (Å²) < 4.78 is 1.44. The number of nitrogens with zero attached hydrogens (tertiary/aromatic N) is 2. The molecule has 2 aromatic rings. The first kappa shape index (κ1) is 16.2. The van der Waals surface area contributed by atoms with Crippen LogP contribution in [-0.4, -0.2) is 27.5 Å².